The van der Waals surface area contributed by atoms with Crippen molar-refractivity contribution in [1.82, 2.24) is 0 Å². The fourth-order valence-corrected chi connectivity index (χ4v) is 3.56. The van der Waals surface area contributed by atoms with Crippen LogP contribution in [0.15, 0.2) is 53.1 Å². The predicted octanol–water partition coefficient (Wildman–Crippen LogP) is 4.96. The van der Waals surface area contributed by atoms with Crippen molar-refractivity contribution in [1.29, 1.82) is 0 Å². The van der Waals surface area contributed by atoms with E-state index in [1.807, 2.05) is 25.1 Å². The number of amides is 2. The van der Waals surface area contributed by atoms with Crippen LogP contribution in [-0.2, 0) is 6.54 Å². The summed E-state index contributed by atoms with van der Waals surface area (Å²) in [5.41, 5.74) is 4.71. The van der Waals surface area contributed by atoms with Gasteiger partial charge in [0.2, 0.25) is 0 Å². The number of carbonyl (C=O) groups excluding carboxylic acids is 2. The summed E-state index contributed by atoms with van der Waals surface area (Å²) < 4.78 is 5.20. The molecular formula is C21H17ClN2O3. The number of fused-ring (bicyclic) bond motifs is 1. The Morgan fingerprint density at radius 3 is 2.63 bits per heavy atom. The molecule has 0 aliphatic carbocycles. The number of carbonyl (C=O) groups is 2. The van der Waals surface area contributed by atoms with Crippen molar-refractivity contribution in [2.24, 2.45) is 0 Å². The summed E-state index contributed by atoms with van der Waals surface area (Å²) in [6, 6.07) is 12.5. The smallest absolute Gasteiger partial charge is 0.291 e. The molecule has 1 aromatic heterocycles. The van der Waals surface area contributed by atoms with Crippen LogP contribution in [0, 0.1) is 13.8 Å². The Hall–Kier alpha value is -3.05. The average molecular weight is 381 g/mol. The summed E-state index contributed by atoms with van der Waals surface area (Å²) in [6.45, 7) is 4.28. The molecule has 0 bridgehead atoms. The number of nitrogens with zero attached hydrogens (tertiary/aromatic N) is 1. The summed E-state index contributed by atoms with van der Waals surface area (Å²) in [7, 11) is 0. The molecule has 0 saturated heterocycles. The molecule has 4 rings (SSSR count). The second-order valence-corrected chi connectivity index (χ2v) is 6.95. The van der Waals surface area contributed by atoms with Gasteiger partial charge in [0, 0.05) is 16.8 Å². The van der Waals surface area contributed by atoms with Crippen LogP contribution in [-0.4, -0.2) is 11.8 Å². The summed E-state index contributed by atoms with van der Waals surface area (Å²) in [6.07, 6.45) is 1.47. The van der Waals surface area contributed by atoms with E-state index in [0.29, 0.717) is 28.5 Å². The van der Waals surface area contributed by atoms with E-state index in [1.165, 1.54) is 6.26 Å². The number of rotatable bonds is 3. The standard InChI is InChI=1S/C21H17ClN2O3/c1-12-4-3-5-15-16(12)11-24(21(15)26)18-7-6-14(10-17(18)22)23-20(25)19-13(2)8-9-27-19/h3-10H,11H2,1-2H3,(H,23,25). The second-order valence-electron chi connectivity index (χ2n) is 6.55. The van der Waals surface area contributed by atoms with Crippen LogP contribution < -0.4 is 10.2 Å². The third-order valence-electron chi connectivity index (χ3n) is 4.77. The van der Waals surface area contributed by atoms with Gasteiger partial charge in [0.1, 0.15) is 0 Å². The molecule has 0 radical (unpaired) electrons. The van der Waals surface area contributed by atoms with E-state index in [1.54, 1.807) is 36.1 Å². The van der Waals surface area contributed by atoms with Crippen molar-refractivity contribution in [3.05, 3.63) is 81.8 Å². The molecule has 0 fully saturated rings. The van der Waals surface area contributed by atoms with Crippen molar-refractivity contribution in [3.8, 4) is 0 Å². The Balaban J connectivity index is 1.58. The molecule has 27 heavy (non-hydrogen) atoms. The molecule has 2 amide bonds. The zero-order valence-electron chi connectivity index (χ0n) is 14.9. The van der Waals surface area contributed by atoms with Crippen molar-refractivity contribution in [3.63, 3.8) is 0 Å². The van der Waals surface area contributed by atoms with E-state index < -0.39 is 0 Å². The molecule has 3 aromatic rings. The minimum atomic E-state index is -0.346. The zero-order valence-corrected chi connectivity index (χ0v) is 15.6. The Morgan fingerprint density at radius 2 is 1.96 bits per heavy atom. The first-order valence-electron chi connectivity index (χ1n) is 8.51. The number of benzene rings is 2. The van der Waals surface area contributed by atoms with Gasteiger partial charge in [0.05, 0.1) is 23.5 Å². The highest BCUT2D eigenvalue weighted by Crippen LogP contribution is 2.35. The van der Waals surface area contributed by atoms with Crippen LogP contribution in [0.2, 0.25) is 5.02 Å². The minimum absolute atomic E-state index is 0.0707. The molecule has 136 valence electrons. The van der Waals surface area contributed by atoms with Gasteiger partial charge in [0.15, 0.2) is 5.76 Å². The van der Waals surface area contributed by atoms with Crippen LogP contribution in [0.4, 0.5) is 11.4 Å². The molecule has 0 spiro atoms. The van der Waals surface area contributed by atoms with Crippen LogP contribution >= 0.6 is 11.6 Å². The van der Waals surface area contributed by atoms with E-state index in [4.69, 9.17) is 16.0 Å². The Morgan fingerprint density at radius 1 is 1.15 bits per heavy atom. The highest BCUT2D eigenvalue weighted by molar-refractivity contribution is 6.34. The molecule has 0 saturated carbocycles. The summed E-state index contributed by atoms with van der Waals surface area (Å²) >= 11 is 6.43. The van der Waals surface area contributed by atoms with Gasteiger partial charge in [-0.05, 0) is 55.3 Å². The van der Waals surface area contributed by atoms with E-state index in [2.05, 4.69) is 5.32 Å². The van der Waals surface area contributed by atoms with Crippen LogP contribution in [0.3, 0.4) is 0 Å². The molecule has 1 N–H and O–H groups in total. The van der Waals surface area contributed by atoms with E-state index in [9.17, 15) is 9.59 Å². The number of hydrogen-bond donors (Lipinski definition) is 1. The van der Waals surface area contributed by atoms with Gasteiger partial charge in [-0.25, -0.2) is 0 Å². The van der Waals surface area contributed by atoms with Gasteiger partial charge in [0.25, 0.3) is 11.8 Å². The Kier molecular flexibility index (Phi) is 4.24. The Labute approximate surface area is 161 Å². The summed E-state index contributed by atoms with van der Waals surface area (Å²) in [5, 5.41) is 3.15. The van der Waals surface area contributed by atoms with Crippen molar-refractivity contribution in [2.45, 2.75) is 20.4 Å². The lowest BCUT2D eigenvalue weighted by molar-refractivity contribution is 0.0988. The van der Waals surface area contributed by atoms with Crippen LogP contribution in [0.25, 0.3) is 0 Å². The normalized spacial score (nSPS) is 13.0. The third kappa shape index (κ3) is 3.00. The monoisotopic (exact) mass is 380 g/mol. The summed E-state index contributed by atoms with van der Waals surface area (Å²) in [5.74, 6) is -0.156. The lowest BCUT2D eigenvalue weighted by Crippen LogP contribution is -2.23. The molecule has 0 atom stereocenters. The number of furan rings is 1. The number of halogens is 1. The molecule has 0 unspecified atom stereocenters. The first kappa shape index (κ1) is 17.4. The molecule has 5 nitrogen and oxygen atoms in total. The SMILES string of the molecule is Cc1ccoc1C(=O)Nc1ccc(N2Cc3c(C)cccc3C2=O)c(Cl)c1. The van der Waals surface area contributed by atoms with Gasteiger partial charge in [-0.2, -0.15) is 0 Å². The zero-order chi connectivity index (χ0) is 19.1. The lowest BCUT2D eigenvalue weighted by atomic mass is 10.1. The maximum absolute atomic E-state index is 12.7. The average Bonchev–Trinajstić information content (AvgIpc) is 3.20. The van der Waals surface area contributed by atoms with Gasteiger partial charge in [-0.3, -0.25) is 9.59 Å². The fraction of sp³-hybridized carbons (Fsp3) is 0.143. The molecular weight excluding hydrogens is 364 g/mol. The van der Waals surface area contributed by atoms with E-state index >= 15 is 0 Å². The van der Waals surface area contributed by atoms with Crippen LogP contribution in [0.5, 0.6) is 0 Å². The number of aryl methyl sites for hydroxylation is 2. The maximum Gasteiger partial charge on any atom is 0.291 e. The topological polar surface area (TPSA) is 62.6 Å². The van der Waals surface area contributed by atoms with Gasteiger partial charge >= 0.3 is 0 Å². The minimum Gasteiger partial charge on any atom is -0.459 e. The largest absolute Gasteiger partial charge is 0.459 e. The molecule has 1 aliphatic rings. The highest BCUT2D eigenvalue weighted by atomic mass is 35.5. The predicted molar refractivity (Wildman–Crippen MR) is 105 cm³/mol. The molecule has 1 aliphatic heterocycles. The first-order valence-corrected chi connectivity index (χ1v) is 8.89. The quantitative estimate of drug-likeness (QED) is 0.698. The number of nitrogens with one attached hydrogen (secondary N) is 1. The molecule has 2 heterocycles. The van der Waals surface area contributed by atoms with Gasteiger partial charge in [-0.1, -0.05) is 23.7 Å². The van der Waals surface area contributed by atoms with Crippen molar-refractivity contribution >= 4 is 34.8 Å². The van der Waals surface area contributed by atoms with Crippen molar-refractivity contribution in [2.75, 3.05) is 10.2 Å². The second kappa shape index (κ2) is 6.59. The Bertz CT molecular complexity index is 1070. The highest BCUT2D eigenvalue weighted by Gasteiger charge is 2.30. The van der Waals surface area contributed by atoms with E-state index in [-0.39, 0.29) is 17.6 Å². The first-order chi connectivity index (χ1) is 13.0. The summed E-state index contributed by atoms with van der Waals surface area (Å²) in [4.78, 5) is 26.7. The number of hydrogen-bond acceptors (Lipinski definition) is 3. The lowest BCUT2D eigenvalue weighted by Gasteiger charge is -2.18. The third-order valence-corrected chi connectivity index (χ3v) is 5.07. The van der Waals surface area contributed by atoms with Crippen LogP contribution in [0.1, 0.15) is 37.6 Å². The maximum atomic E-state index is 12.7. The molecule has 6 heteroatoms. The van der Waals surface area contributed by atoms with Gasteiger partial charge < -0.3 is 14.6 Å². The number of anilines is 2. The van der Waals surface area contributed by atoms with Crippen molar-refractivity contribution < 1.29 is 14.0 Å². The fourth-order valence-electron chi connectivity index (χ4n) is 3.28. The van der Waals surface area contributed by atoms with E-state index in [0.717, 1.165) is 16.7 Å². The van der Waals surface area contributed by atoms with Gasteiger partial charge in [-0.15, -0.1) is 0 Å². The molecule has 2 aromatic carbocycles.